The minimum absolute atomic E-state index is 0.118. The summed E-state index contributed by atoms with van der Waals surface area (Å²) in [5.74, 6) is -2.19. The van der Waals surface area contributed by atoms with Crippen LogP contribution in [0.4, 0.5) is 11.4 Å². The van der Waals surface area contributed by atoms with Gasteiger partial charge < -0.3 is 14.8 Å². The highest BCUT2D eigenvalue weighted by Gasteiger charge is 2.37. The maximum atomic E-state index is 13.0. The summed E-state index contributed by atoms with van der Waals surface area (Å²) in [7, 11) is 0. The van der Waals surface area contributed by atoms with Gasteiger partial charge >= 0.3 is 11.9 Å². The van der Waals surface area contributed by atoms with E-state index in [0.717, 1.165) is 4.90 Å². The molecule has 4 aromatic carbocycles. The Morgan fingerprint density at radius 3 is 2.18 bits per heavy atom. The average molecular weight is 504 g/mol. The number of nitrogens with one attached hydrogen (secondary N) is 1. The molecule has 184 valence electrons. The molecule has 2 heterocycles. The zero-order chi connectivity index (χ0) is 26.4. The fraction of sp³-hybridized carbons (Fsp3) is 0. The van der Waals surface area contributed by atoms with Crippen molar-refractivity contribution in [1.29, 1.82) is 0 Å². The topological polar surface area (TPSA) is 119 Å². The van der Waals surface area contributed by atoms with E-state index in [4.69, 9.17) is 4.74 Å². The number of para-hydroxylation sites is 1. The number of amides is 3. The van der Waals surface area contributed by atoms with Crippen molar-refractivity contribution in [2.45, 2.75) is 0 Å². The van der Waals surface area contributed by atoms with Crippen LogP contribution in [-0.4, -0.2) is 29.7 Å². The summed E-state index contributed by atoms with van der Waals surface area (Å²) < 4.78 is 10.4. The molecule has 0 unspecified atom stereocenters. The highest BCUT2D eigenvalue weighted by molar-refractivity contribution is 6.34. The summed E-state index contributed by atoms with van der Waals surface area (Å²) in [4.78, 5) is 63.3. The van der Waals surface area contributed by atoms with Crippen molar-refractivity contribution in [1.82, 2.24) is 0 Å². The number of nitrogens with zero attached hydrogens (tertiary/aromatic N) is 1. The van der Waals surface area contributed by atoms with Crippen molar-refractivity contribution >= 4 is 41.0 Å². The number of imide groups is 1. The van der Waals surface area contributed by atoms with Gasteiger partial charge in [-0.25, -0.2) is 14.5 Å². The Kier molecular flexibility index (Phi) is 5.31. The van der Waals surface area contributed by atoms with E-state index in [2.05, 4.69) is 10.1 Å². The van der Waals surface area contributed by atoms with Gasteiger partial charge in [0.1, 0.15) is 11.5 Å². The van der Waals surface area contributed by atoms with Crippen molar-refractivity contribution in [3.8, 4) is 11.5 Å². The molecule has 0 spiro atoms. The lowest BCUT2D eigenvalue weighted by Crippen LogP contribution is -2.29. The standard InChI is InChI=1S/C29H16N2O7/c32-25(16-9-11-21-23(13-16)27(34)31(26(21)33)18-6-2-1-3-7-18)30-17-5-4-8-19(14-17)37-20-10-12-22-24(15-20)29(36)38-28(22)35/h1-15H,(H,30,32). The summed E-state index contributed by atoms with van der Waals surface area (Å²) in [5.41, 5.74) is 1.73. The SMILES string of the molecule is O=C(Nc1cccc(Oc2ccc3c(c2)C(=O)OC3=O)c1)c1ccc2c(c1)C(=O)N(c1ccccc1)C2=O. The van der Waals surface area contributed by atoms with E-state index in [1.165, 1.54) is 36.4 Å². The number of rotatable bonds is 5. The first-order valence-electron chi connectivity index (χ1n) is 11.5. The van der Waals surface area contributed by atoms with Crippen LogP contribution >= 0.6 is 0 Å². The number of hydrogen-bond acceptors (Lipinski definition) is 7. The van der Waals surface area contributed by atoms with Gasteiger partial charge in [0.15, 0.2) is 0 Å². The van der Waals surface area contributed by atoms with E-state index in [9.17, 15) is 24.0 Å². The number of hydrogen-bond donors (Lipinski definition) is 1. The third kappa shape index (κ3) is 3.88. The third-order valence-corrected chi connectivity index (χ3v) is 6.11. The molecule has 6 rings (SSSR count). The van der Waals surface area contributed by atoms with E-state index >= 15 is 0 Å². The molecule has 2 aliphatic rings. The Balaban J connectivity index is 1.19. The number of ether oxygens (including phenoxy) is 2. The first-order chi connectivity index (χ1) is 18.4. The van der Waals surface area contributed by atoms with Crippen molar-refractivity contribution < 1.29 is 33.4 Å². The van der Waals surface area contributed by atoms with Gasteiger partial charge in [0.05, 0.1) is 27.9 Å². The Morgan fingerprint density at radius 2 is 1.37 bits per heavy atom. The van der Waals surface area contributed by atoms with Crippen LogP contribution in [0.25, 0.3) is 0 Å². The molecule has 3 amide bonds. The van der Waals surface area contributed by atoms with Crippen LogP contribution in [0.5, 0.6) is 11.5 Å². The summed E-state index contributed by atoms with van der Waals surface area (Å²) >= 11 is 0. The molecule has 1 N–H and O–H groups in total. The molecule has 9 nitrogen and oxygen atoms in total. The maximum Gasteiger partial charge on any atom is 0.347 e. The Morgan fingerprint density at radius 1 is 0.658 bits per heavy atom. The highest BCUT2D eigenvalue weighted by atomic mass is 16.6. The van der Waals surface area contributed by atoms with Crippen LogP contribution in [0, 0.1) is 0 Å². The number of fused-ring (bicyclic) bond motifs is 2. The molecule has 9 heteroatoms. The number of carbonyl (C=O) groups is 5. The van der Waals surface area contributed by atoms with Gasteiger partial charge in [-0.3, -0.25) is 14.4 Å². The molecule has 0 saturated heterocycles. The van der Waals surface area contributed by atoms with Crippen LogP contribution in [0.3, 0.4) is 0 Å². The molecule has 0 aromatic heterocycles. The van der Waals surface area contributed by atoms with E-state index in [0.29, 0.717) is 22.9 Å². The minimum Gasteiger partial charge on any atom is -0.457 e. The monoisotopic (exact) mass is 504 g/mol. The Labute approximate surface area is 215 Å². The third-order valence-electron chi connectivity index (χ3n) is 6.11. The van der Waals surface area contributed by atoms with Crippen LogP contribution in [0.2, 0.25) is 0 Å². The molecular formula is C29H16N2O7. The van der Waals surface area contributed by atoms with E-state index < -0.39 is 29.7 Å². The van der Waals surface area contributed by atoms with Gasteiger partial charge in [-0.15, -0.1) is 0 Å². The Hall–Kier alpha value is -5.57. The first kappa shape index (κ1) is 22.9. The fourth-order valence-electron chi connectivity index (χ4n) is 4.30. The van der Waals surface area contributed by atoms with Crippen molar-refractivity contribution in [3.05, 3.63) is 119 Å². The van der Waals surface area contributed by atoms with Gasteiger partial charge in [0.25, 0.3) is 17.7 Å². The maximum absolute atomic E-state index is 13.0. The molecule has 0 saturated carbocycles. The fourth-order valence-corrected chi connectivity index (χ4v) is 4.30. The van der Waals surface area contributed by atoms with E-state index in [1.807, 2.05) is 0 Å². The van der Waals surface area contributed by atoms with Crippen LogP contribution in [0.15, 0.2) is 91.0 Å². The lowest BCUT2D eigenvalue weighted by atomic mass is 10.1. The molecule has 38 heavy (non-hydrogen) atoms. The van der Waals surface area contributed by atoms with Gasteiger partial charge in [-0.1, -0.05) is 24.3 Å². The summed E-state index contributed by atoms with van der Waals surface area (Å²) in [6, 6.07) is 23.9. The summed E-state index contributed by atoms with van der Waals surface area (Å²) in [5, 5.41) is 2.75. The first-order valence-corrected chi connectivity index (χ1v) is 11.5. The second-order valence-electron chi connectivity index (χ2n) is 8.51. The molecule has 0 fully saturated rings. The second-order valence-corrected chi connectivity index (χ2v) is 8.51. The molecular weight excluding hydrogens is 488 g/mol. The van der Waals surface area contributed by atoms with Gasteiger partial charge in [-0.2, -0.15) is 0 Å². The molecule has 0 aliphatic carbocycles. The smallest absolute Gasteiger partial charge is 0.347 e. The number of cyclic esters (lactones) is 2. The number of benzene rings is 4. The highest BCUT2D eigenvalue weighted by Crippen LogP contribution is 2.31. The molecule has 0 atom stereocenters. The lowest BCUT2D eigenvalue weighted by molar-refractivity contribution is 0.0443. The number of esters is 2. The molecule has 0 radical (unpaired) electrons. The molecule has 0 bridgehead atoms. The summed E-state index contributed by atoms with van der Waals surface area (Å²) in [6.45, 7) is 0. The average Bonchev–Trinajstić information content (AvgIpc) is 3.35. The summed E-state index contributed by atoms with van der Waals surface area (Å²) in [6.07, 6.45) is 0. The Bertz CT molecular complexity index is 1690. The van der Waals surface area contributed by atoms with Crippen molar-refractivity contribution in [3.63, 3.8) is 0 Å². The van der Waals surface area contributed by atoms with Crippen LogP contribution < -0.4 is 15.0 Å². The largest absolute Gasteiger partial charge is 0.457 e. The number of anilines is 2. The molecule has 2 aliphatic heterocycles. The van der Waals surface area contributed by atoms with Gasteiger partial charge in [-0.05, 0) is 60.7 Å². The zero-order valence-electron chi connectivity index (χ0n) is 19.5. The van der Waals surface area contributed by atoms with Crippen molar-refractivity contribution in [2.75, 3.05) is 10.2 Å². The molecule has 4 aromatic rings. The normalized spacial score (nSPS) is 13.7. The predicted molar refractivity (Wildman–Crippen MR) is 135 cm³/mol. The van der Waals surface area contributed by atoms with Crippen LogP contribution in [-0.2, 0) is 4.74 Å². The second kappa shape index (κ2) is 8.82. The minimum atomic E-state index is -0.738. The van der Waals surface area contributed by atoms with Crippen molar-refractivity contribution in [2.24, 2.45) is 0 Å². The predicted octanol–water partition coefficient (Wildman–Crippen LogP) is 4.84. The zero-order valence-corrected chi connectivity index (χ0v) is 19.5. The van der Waals surface area contributed by atoms with Gasteiger partial charge in [0, 0.05) is 17.3 Å². The van der Waals surface area contributed by atoms with Gasteiger partial charge in [0.2, 0.25) is 0 Å². The van der Waals surface area contributed by atoms with E-state index in [-0.39, 0.29) is 27.8 Å². The lowest BCUT2D eigenvalue weighted by Gasteiger charge is -2.13. The quantitative estimate of drug-likeness (QED) is 0.235. The van der Waals surface area contributed by atoms with E-state index in [1.54, 1.807) is 54.6 Å². The number of carbonyl (C=O) groups excluding carboxylic acids is 5. The van der Waals surface area contributed by atoms with Crippen LogP contribution in [0.1, 0.15) is 51.8 Å².